The van der Waals surface area contributed by atoms with Crippen molar-refractivity contribution in [3.05, 3.63) is 29.3 Å². The summed E-state index contributed by atoms with van der Waals surface area (Å²) in [5, 5.41) is 0.461. The lowest BCUT2D eigenvalue weighted by Crippen LogP contribution is -2.50. The van der Waals surface area contributed by atoms with Crippen LogP contribution >= 0.6 is 15.9 Å². The van der Waals surface area contributed by atoms with Gasteiger partial charge < -0.3 is 4.90 Å². The van der Waals surface area contributed by atoms with Crippen molar-refractivity contribution in [1.82, 2.24) is 4.90 Å². The highest BCUT2D eigenvalue weighted by Gasteiger charge is 2.24. The van der Waals surface area contributed by atoms with Gasteiger partial charge in [-0.25, -0.2) is 8.78 Å². The summed E-state index contributed by atoms with van der Waals surface area (Å²) in [4.78, 5) is 4.20. The maximum atomic E-state index is 14.1. The van der Waals surface area contributed by atoms with Gasteiger partial charge in [0.25, 0.3) is 0 Å². The van der Waals surface area contributed by atoms with E-state index in [0.717, 1.165) is 19.5 Å². The maximum Gasteiger partial charge on any atom is 0.149 e. The molecule has 0 radical (unpaired) electrons. The molecule has 1 aliphatic heterocycles. The zero-order chi connectivity index (χ0) is 14.7. The number of halogens is 3. The molecule has 2 rings (SSSR count). The molecule has 0 spiro atoms. The quantitative estimate of drug-likeness (QED) is 0.765. The van der Waals surface area contributed by atoms with Crippen LogP contribution in [0.5, 0.6) is 0 Å². The van der Waals surface area contributed by atoms with Crippen LogP contribution in [-0.2, 0) is 5.33 Å². The van der Waals surface area contributed by atoms with E-state index in [1.54, 1.807) is 0 Å². The number of anilines is 1. The Hall–Kier alpha value is -0.680. The first-order chi connectivity index (χ1) is 9.56. The molecule has 1 saturated heterocycles. The molecule has 1 atom stereocenters. The molecule has 1 aromatic carbocycles. The second kappa shape index (κ2) is 6.85. The summed E-state index contributed by atoms with van der Waals surface area (Å²) >= 11 is 3.22. The fraction of sp³-hybridized carbons (Fsp3) is 0.600. The van der Waals surface area contributed by atoms with E-state index >= 15 is 0 Å². The van der Waals surface area contributed by atoms with Crippen molar-refractivity contribution in [2.24, 2.45) is 0 Å². The highest BCUT2D eigenvalue weighted by Crippen LogP contribution is 2.27. The van der Waals surface area contributed by atoms with Crippen LogP contribution in [0.3, 0.4) is 0 Å². The number of hydrogen-bond acceptors (Lipinski definition) is 2. The molecule has 0 bridgehead atoms. The van der Waals surface area contributed by atoms with Crippen LogP contribution in [0, 0.1) is 11.6 Å². The summed E-state index contributed by atoms with van der Waals surface area (Å²) in [6.07, 6.45) is 1.10. The van der Waals surface area contributed by atoms with Crippen molar-refractivity contribution in [2.75, 3.05) is 31.1 Å². The lowest BCUT2D eigenvalue weighted by atomic mass is 10.1. The molecule has 0 saturated carbocycles. The van der Waals surface area contributed by atoms with E-state index < -0.39 is 11.6 Å². The van der Waals surface area contributed by atoms with E-state index in [1.807, 2.05) is 4.90 Å². The van der Waals surface area contributed by atoms with Crippen LogP contribution in [0.4, 0.5) is 14.5 Å². The third-order valence-electron chi connectivity index (χ3n) is 4.08. The minimum Gasteiger partial charge on any atom is -0.364 e. The summed E-state index contributed by atoms with van der Waals surface area (Å²) < 4.78 is 28.2. The van der Waals surface area contributed by atoms with Crippen LogP contribution in [0.2, 0.25) is 0 Å². The fourth-order valence-electron chi connectivity index (χ4n) is 2.64. The molecular formula is C15H21BrF2N2. The highest BCUT2D eigenvalue weighted by molar-refractivity contribution is 9.08. The van der Waals surface area contributed by atoms with Gasteiger partial charge >= 0.3 is 0 Å². The largest absolute Gasteiger partial charge is 0.364 e. The van der Waals surface area contributed by atoms with Crippen molar-refractivity contribution < 1.29 is 8.78 Å². The molecule has 112 valence electrons. The Morgan fingerprint density at radius 1 is 1.15 bits per heavy atom. The summed E-state index contributed by atoms with van der Waals surface area (Å²) in [5.74, 6) is -0.923. The van der Waals surface area contributed by atoms with Gasteiger partial charge in [-0.15, -0.1) is 0 Å². The predicted octanol–water partition coefficient (Wildman–Crippen LogP) is 3.78. The third-order valence-corrected chi connectivity index (χ3v) is 4.72. The fourth-order valence-corrected chi connectivity index (χ4v) is 2.97. The first-order valence-electron chi connectivity index (χ1n) is 7.09. The van der Waals surface area contributed by atoms with Crippen molar-refractivity contribution in [3.63, 3.8) is 0 Å². The van der Waals surface area contributed by atoms with Gasteiger partial charge in [-0.1, -0.05) is 22.9 Å². The molecule has 5 heteroatoms. The van der Waals surface area contributed by atoms with E-state index in [1.165, 1.54) is 12.1 Å². The monoisotopic (exact) mass is 346 g/mol. The second-order valence-electron chi connectivity index (χ2n) is 5.32. The number of rotatable bonds is 4. The van der Waals surface area contributed by atoms with Crippen LogP contribution < -0.4 is 4.90 Å². The highest BCUT2D eigenvalue weighted by atomic mass is 79.9. The average molecular weight is 347 g/mol. The van der Waals surface area contributed by atoms with Gasteiger partial charge in [-0.2, -0.15) is 0 Å². The Bertz CT molecular complexity index is 436. The van der Waals surface area contributed by atoms with Crippen LogP contribution in [0.1, 0.15) is 25.8 Å². The molecule has 20 heavy (non-hydrogen) atoms. The molecule has 2 nitrogen and oxygen atoms in total. The molecule has 1 fully saturated rings. The average Bonchev–Trinajstić information content (AvgIpc) is 2.46. The van der Waals surface area contributed by atoms with Gasteiger partial charge in [-0.05, 0) is 31.0 Å². The second-order valence-corrected chi connectivity index (χ2v) is 5.88. The molecule has 0 aliphatic carbocycles. The summed E-state index contributed by atoms with van der Waals surface area (Å²) in [6, 6.07) is 3.35. The van der Waals surface area contributed by atoms with E-state index in [2.05, 4.69) is 34.7 Å². The lowest BCUT2D eigenvalue weighted by Gasteiger charge is -2.39. The van der Waals surface area contributed by atoms with Gasteiger partial charge in [0, 0.05) is 37.6 Å². The lowest BCUT2D eigenvalue weighted by molar-refractivity contribution is 0.192. The summed E-state index contributed by atoms with van der Waals surface area (Å²) in [7, 11) is 0. The van der Waals surface area contributed by atoms with E-state index in [-0.39, 0.29) is 5.69 Å². The van der Waals surface area contributed by atoms with Crippen molar-refractivity contribution in [3.8, 4) is 0 Å². The van der Waals surface area contributed by atoms with Gasteiger partial charge in [0.15, 0.2) is 0 Å². The summed E-state index contributed by atoms with van der Waals surface area (Å²) in [6.45, 7) is 7.41. The molecule has 0 amide bonds. The first kappa shape index (κ1) is 15.7. The number of piperazine rings is 1. The smallest absolute Gasteiger partial charge is 0.149 e. The molecule has 1 aromatic rings. The van der Waals surface area contributed by atoms with Gasteiger partial charge in [-0.3, -0.25) is 4.90 Å². The number of benzene rings is 1. The van der Waals surface area contributed by atoms with Crippen molar-refractivity contribution >= 4 is 21.6 Å². The molecular weight excluding hydrogens is 326 g/mol. The van der Waals surface area contributed by atoms with Crippen LogP contribution in [0.15, 0.2) is 12.1 Å². The SMILES string of the molecule is CCC(C)N1CCN(c2c(F)cc(CBr)cc2F)CC1. The van der Waals surface area contributed by atoms with Gasteiger partial charge in [0.1, 0.15) is 17.3 Å². The van der Waals surface area contributed by atoms with E-state index in [9.17, 15) is 8.78 Å². The van der Waals surface area contributed by atoms with Crippen LogP contribution in [-0.4, -0.2) is 37.1 Å². The van der Waals surface area contributed by atoms with Gasteiger partial charge in [0.2, 0.25) is 0 Å². The Kier molecular flexibility index (Phi) is 5.38. The van der Waals surface area contributed by atoms with Crippen molar-refractivity contribution in [1.29, 1.82) is 0 Å². The topological polar surface area (TPSA) is 6.48 Å². The van der Waals surface area contributed by atoms with Gasteiger partial charge in [0.05, 0.1) is 0 Å². The van der Waals surface area contributed by atoms with Crippen molar-refractivity contribution in [2.45, 2.75) is 31.6 Å². The summed E-state index contributed by atoms with van der Waals surface area (Å²) in [5.41, 5.74) is 0.750. The minimum atomic E-state index is -0.462. The van der Waals surface area contributed by atoms with Crippen LogP contribution in [0.25, 0.3) is 0 Å². The predicted molar refractivity (Wildman–Crippen MR) is 82.5 cm³/mol. The molecule has 0 N–H and O–H groups in total. The maximum absolute atomic E-state index is 14.1. The minimum absolute atomic E-state index is 0.124. The molecule has 1 aliphatic rings. The number of alkyl halides is 1. The van der Waals surface area contributed by atoms with E-state index in [0.29, 0.717) is 30.0 Å². The third kappa shape index (κ3) is 3.31. The number of hydrogen-bond donors (Lipinski definition) is 0. The van der Waals surface area contributed by atoms with E-state index in [4.69, 9.17) is 0 Å². The molecule has 0 aromatic heterocycles. The molecule has 1 unspecified atom stereocenters. The standard InChI is InChI=1S/C15H21BrF2N2/c1-3-11(2)19-4-6-20(7-5-19)15-13(17)8-12(10-16)9-14(15)18/h8-9,11H,3-7,10H2,1-2H3. The zero-order valence-electron chi connectivity index (χ0n) is 12.0. The molecule has 1 heterocycles. The Balaban J connectivity index is 2.11. The Morgan fingerprint density at radius 2 is 1.70 bits per heavy atom. The zero-order valence-corrected chi connectivity index (χ0v) is 13.6. The first-order valence-corrected chi connectivity index (χ1v) is 8.21. The Morgan fingerprint density at radius 3 is 2.15 bits per heavy atom. The normalized spacial score (nSPS) is 18.4. The Labute approximate surface area is 127 Å². The number of nitrogens with zero attached hydrogens (tertiary/aromatic N) is 2.